The predicted octanol–water partition coefficient (Wildman–Crippen LogP) is 5.23. The maximum Gasteiger partial charge on any atom is 0.235 e. The summed E-state index contributed by atoms with van der Waals surface area (Å²) in [6.07, 6.45) is 2.91. The van der Waals surface area contributed by atoms with Gasteiger partial charge in [-0.25, -0.2) is 4.39 Å². The van der Waals surface area contributed by atoms with E-state index >= 15 is 0 Å². The molecule has 1 aliphatic rings. The second-order valence-electron chi connectivity index (χ2n) is 7.49. The van der Waals surface area contributed by atoms with Gasteiger partial charge in [0, 0.05) is 16.1 Å². The fourth-order valence-electron chi connectivity index (χ4n) is 3.86. The molecule has 0 atom stereocenters. The molecule has 0 bridgehead atoms. The Hall–Kier alpha value is -3.48. The van der Waals surface area contributed by atoms with Crippen LogP contribution in [0.5, 0.6) is 0 Å². The molecule has 0 saturated carbocycles. The number of carbonyl (C=O) groups excluding carboxylic acids is 1. The van der Waals surface area contributed by atoms with Gasteiger partial charge < -0.3 is 5.32 Å². The minimum Gasteiger partial charge on any atom is -0.316 e. The lowest BCUT2D eigenvalue weighted by molar-refractivity contribution is -0.113. The number of anilines is 1. The zero-order chi connectivity index (χ0) is 22.8. The van der Waals surface area contributed by atoms with Gasteiger partial charge in [0.15, 0.2) is 11.0 Å². The summed E-state index contributed by atoms with van der Waals surface area (Å²) in [5.74, 6) is 0.150. The van der Waals surface area contributed by atoms with Crippen molar-refractivity contribution in [1.29, 1.82) is 5.26 Å². The molecule has 1 aliphatic carbocycles. The zero-order valence-electron chi connectivity index (χ0n) is 17.4. The Morgan fingerprint density at radius 2 is 1.94 bits per heavy atom. The van der Waals surface area contributed by atoms with Gasteiger partial charge in [-0.15, -0.1) is 21.5 Å². The largest absolute Gasteiger partial charge is 0.316 e. The topological polar surface area (TPSA) is 83.6 Å². The molecule has 33 heavy (non-hydrogen) atoms. The molecule has 1 N–H and O–H groups in total. The fraction of sp³-hybridized carbons (Fsp3) is 0.167. The second kappa shape index (κ2) is 9.17. The summed E-state index contributed by atoms with van der Waals surface area (Å²) in [4.78, 5) is 13.9. The van der Waals surface area contributed by atoms with E-state index in [0.717, 1.165) is 30.4 Å². The van der Waals surface area contributed by atoms with Gasteiger partial charge in [0.2, 0.25) is 5.91 Å². The molecule has 0 aliphatic heterocycles. The number of fused-ring (bicyclic) bond motifs is 1. The van der Waals surface area contributed by atoms with Crippen molar-refractivity contribution >= 4 is 34.0 Å². The monoisotopic (exact) mass is 475 g/mol. The molecule has 164 valence electrons. The number of halogens is 1. The fourth-order valence-corrected chi connectivity index (χ4v) is 5.87. The number of carbonyl (C=O) groups is 1. The Bertz CT molecular complexity index is 1360. The minimum absolute atomic E-state index is 0.0988. The van der Waals surface area contributed by atoms with E-state index < -0.39 is 0 Å². The van der Waals surface area contributed by atoms with Gasteiger partial charge in [-0.2, -0.15) is 5.26 Å². The van der Waals surface area contributed by atoms with Gasteiger partial charge >= 0.3 is 0 Å². The number of thioether (sulfide) groups is 1. The highest BCUT2D eigenvalue weighted by atomic mass is 32.2. The molecule has 2 aromatic heterocycles. The summed E-state index contributed by atoms with van der Waals surface area (Å²) >= 11 is 2.73. The smallest absolute Gasteiger partial charge is 0.235 e. The van der Waals surface area contributed by atoms with Crippen LogP contribution in [-0.4, -0.2) is 26.4 Å². The van der Waals surface area contributed by atoms with Crippen molar-refractivity contribution in [2.75, 3.05) is 11.1 Å². The highest BCUT2D eigenvalue weighted by molar-refractivity contribution is 7.99. The summed E-state index contributed by atoms with van der Waals surface area (Å²) in [6, 6.07) is 17.9. The predicted molar refractivity (Wildman–Crippen MR) is 127 cm³/mol. The number of aromatic nitrogens is 3. The van der Waals surface area contributed by atoms with E-state index in [4.69, 9.17) is 0 Å². The molecule has 4 aromatic rings. The van der Waals surface area contributed by atoms with Crippen molar-refractivity contribution in [1.82, 2.24) is 14.8 Å². The van der Waals surface area contributed by atoms with E-state index in [-0.39, 0.29) is 17.5 Å². The number of nitrogens with zero attached hydrogens (tertiary/aromatic N) is 4. The van der Waals surface area contributed by atoms with Gasteiger partial charge in [-0.1, -0.05) is 42.1 Å². The Kier molecular flexibility index (Phi) is 5.94. The first-order valence-electron chi connectivity index (χ1n) is 10.4. The molecule has 0 spiro atoms. The summed E-state index contributed by atoms with van der Waals surface area (Å²) < 4.78 is 15.3. The molecule has 0 fully saturated rings. The number of thiophene rings is 1. The third-order valence-corrected chi connectivity index (χ3v) is 7.50. The van der Waals surface area contributed by atoms with Crippen LogP contribution in [0.2, 0.25) is 0 Å². The molecular weight excluding hydrogens is 457 g/mol. The lowest BCUT2D eigenvalue weighted by Crippen LogP contribution is -2.14. The Balaban J connectivity index is 1.39. The average molecular weight is 476 g/mol. The third-order valence-electron chi connectivity index (χ3n) is 5.37. The maximum atomic E-state index is 13.5. The van der Waals surface area contributed by atoms with E-state index in [9.17, 15) is 14.4 Å². The molecule has 1 amide bonds. The van der Waals surface area contributed by atoms with Crippen molar-refractivity contribution in [2.24, 2.45) is 0 Å². The van der Waals surface area contributed by atoms with Crippen LogP contribution in [0.15, 0.2) is 59.8 Å². The molecule has 6 nitrogen and oxygen atoms in total. The van der Waals surface area contributed by atoms with Crippen molar-refractivity contribution in [3.63, 3.8) is 0 Å². The van der Waals surface area contributed by atoms with Gasteiger partial charge in [0.05, 0.1) is 11.3 Å². The standard InChI is InChI=1S/C24H18FN5OS2/c25-16-9-11-17(12-10-16)30-22(15-5-2-1-3-6-15)28-29-24(30)32-14-21(31)27-23-19(13-26)18-7-4-8-20(18)33-23/h1-3,5-6,9-12H,4,7-8,14H2,(H,27,31). The van der Waals surface area contributed by atoms with Crippen molar-refractivity contribution < 1.29 is 9.18 Å². The van der Waals surface area contributed by atoms with Crippen LogP contribution in [0.25, 0.3) is 17.1 Å². The SMILES string of the molecule is N#Cc1c(NC(=O)CSc2nnc(-c3ccccc3)n2-c2ccc(F)cc2)sc2c1CCC2. The second-order valence-corrected chi connectivity index (χ2v) is 9.54. The minimum atomic E-state index is -0.335. The van der Waals surface area contributed by atoms with Gasteiger partial charge in [-0.3, -0.25) is 9.36 Å². The number of hydrogen-bond donors (Lipinski definition) is 1. The number of amides is 1. The average Bonchev–Trinajstić information content (AvgIpc) is 3.53. The summed E-state index contributed by atoms with van der Waals surface area (Å²) in [6.45, 7) is 0. The lowest BCUT2D eigenvalue weighted by atomic mass is 10.1. The zero-order valence-corrected chi connectivity index (χ0v) is 19.0. The van der Waals surface area contributed by atoms with Gasteiger partial charge in [0.25, 0.3) is 0 Å². The Labute approximate surface area is 198 Å². The highest BCUT2D eigenvalue weighted by Crippen LogP contribution is 2.38. The summed E-state index contributed by atoms with van der Waals surface area (Å²) in [5, 5.41) is 22.2. The normalized spacial score (nSPS) is 12.4. The van der Waals surface area contributed by atoms with Crippen LogP contribution in [0.3, 0.4) is 0 Å². The van der Waals surface area contributed by atoms with Crippen LogP contribution >= 0.6 is 23.1 Å². The van der Waals surface area contributed by atoms with Crippen LogP contribution in [0.4, 0.5) is 9.39 Å². The number of benzene rings is 2. The van der Waals surface area contributed by atoms with Crippen molar-refractivity contribution in [3.8, 4) is 23.1 Å². The number of aryl methyl sites for hydroxylation is 1. The van der Waals surface area contributed by atoms with Crippen molar-refractivity contribution in [3.05, 3.63) is 76.4 Å². The summed E-state index contributed by atoms with van der Waals surface area (Å²) in [7, 11) is 0. The van der Waals surface area contributed by atoms with E-state index in [1.807, 2.05) is 34.9 Å². The molecule has 0 unspecified atom stereocenters. The molecule has 5 rings (SSSR count). The first kappa shape index (κ1) is 21.4. The first-order valence-corrected chi connectivity index (χ1v) is 12.2. The van der Waals surface area contributed by atoms with Crippen LogP contribution in [0, 0.1) is 17.1 Å². The number of hydrogen-bond acceptors (Lipinski definition) is 6. The number of nitrogens with one attached hydrogen (secondary N) is 1. The van der Waals surface area contributed by atoms with Gasteiger partial charge in [0.1, 0.15) is 16.9 Å². The molecule has 2 heterocycles. The van der Waals surface area contributed by atoms with Crippen LogP contribution in [-0.2, 0) is 17.6 Å². The number of rotatable bonds is 6. The third kappa shape index (κ3) is 4.27. The van der Waals surface area contributed by atoms with Crippen molar-refractivity contribution in [2.45, 2.75) is 24.4 Å². The maximum absolute atomic E-state index is 13.5. The quantitative estimate of drug-likeness (QED) is 0.386. The molecule has 2 aromatic carbocycles. The van der Waals surface area contributed by atoms with E-state index in [2.05, 4.69) is 21.6 Å². The van der Waals surface area contributed by atoms with Gasteiger partial charge in [-0.05, 0) is 49.1 Å². The Morgan fingerprint density at radius 3 is 2.70 bits per heavy atom. The highest BCUT2D eigenvalue weighted by Gasteiger charge is 2.23. The first-order chi connectivity index (χ1) is 16.1. The van der Waals surface area contributed by atoms with Crippen LogP contribution < -0.4 is 5.32 Å². The molecule has 9 heteroatoms. The Morgan fingerprint density at radius 1 is 1.15 bits per heavy atom. The van der Waals surface area contributed by atoms with E-state index in [1.54, 1.807) is 12.1 Å². The number of nitriles is 1. The summed E-state index contributed by atoms with van der Waals surface area (Å²) in [5.41, 5.74) is 3.22. The van der Waals surface area contributed by atoms with E-state index in [0.29, 0.717) is 27.2 Å². The molecular formula is C24H18FN5OS2. The van der Waals surface area contributed by atoms with Crippen LogP contribution in [0.1, 0.15) is 22.4 Å². The molecule has 0 radical (unpaired) electrons. The molecule has 0 saturated heterocycles. The lowest BCUT2D eigenvalue weighted by Gasteiger charge is -2.10. The van der Waals surface area contributed by atoms with E-state index in [1.165, 1.54) is 40.1 Å².